The van der Waals surface area contributed by atoms with E-state index in [-0.39, 0.29) is 16.7 Å². The van der Waals surface area contributed by atoms with Gasteiger partial charge in [-0.1, -0.05) is 45.0 Å². The van der Waals surface area contributed by atoms with Crippen molar-refractivity contribution in [3.63, 3.8) is 0 Å². The maximum Gasteiger partial charge on any atom is 0.250 e. The fraction of sp³-hybridized carbons (Fsp3) is 0.267. The minimum atomic E-state index is -0.789. The van der Waals surface area contributed by atoms with Gasteiger partial charge in [-0.3, -0.25) is 14.4 Å². The molecule has 98 valence electrons. The van der Waals surface area contributed by atoms with Crippen molar-refractivity contribution in [2.45, 2.75) is 26.2 Å². The molecule has 0 atom stereocenters. The van der Waals surface area contributed by atoms with Gasteiger partial charge >= 0.3 is 0 Å². The van der Waals surface area contributed by atoms with E-state index in [1.807, 2.05) is 12.1 Å². The van der Waals surface area contributed by atoms with Crippen LogP contribution >= 0.6 is 0 Å². The van der Waals surface area contributed by atoms with Crippen LogP contribution in [0.25, 0.3) is 0 Å². The fourth-order valence-corrected chi connectivity index (χ4v) is 1.90. The summed E-state index contributed by atoms with van der Waals surface area (Å²) >= 11 is 0. The van der Waals surface area contributed by atoms with Crippen molar-refractivity contribution in [1.82, 2.24) is 0 Å². The maximum absolute atomic E-state index is 12.0. The molecule has 0 saturated heterocycles. The summed E-state index contributed by atoms with van der Waals surface area (Å²) in [5.41, 5.74) is 4.85. The molecule has 0 spiro atoms. The first-order valence-corrected chi connectivity index (χ1v) is 5.97. The van der Waals surface area contributed by atoms with Crippen LogP contribution in [0.4, 0.5) is 5.69 Å². The molecule has 19 heavy (non-hydrogen) atoms. The van der Waals surface area contributed by atoms with Crippen molar-refractivity contribution in [2.24, 2.45) is 0 Å². The maximum atomic E-state index is 12.0. The second-order valence-electron chi connectivity index (χ2n) is 5.60. The summed E-state index contributed by atoms with van der Waals surface area (Å²) < 4.78 is 0. The number of benzene rings is 1. The van der Waals surface area contributed by atoms with Gasteiger partial charge in [0.05, 0.1) is 5.69 Å². The predicted octanol–water partition coefficient (Wildman–Crippen LogP) is 1.39. The molecule has 4 heteroatoms. The third kappa shape index (κ3) is 2.10. The molecule has 0 radical (unpaired) electrons. The van der Waals surface area contributed by atoms with E-state index >= 15 is 0 Å². The molecule has 0 aliphatic carbocycles. The Hall–Kier alpha value is -2.23. The second-order valence-corrected chi connectivity index (χ2v) is 5.60. The zero-order chi connectivity index (χ0) is 14.4. The van der Waals surface area contributed by atoms with E-state index in [4.69, 9.17) is 5.73 Å². The monoisotopic (exact) mass is 257 g/mol. The molecule has 0 unspecified atom stereocenters. The van der Waals surface area contributed by atoms with Gasteiger partial charge in [-0.25, -0.2) is 0 Å². The quantitative estimate of drug-likeness (QED) is 0.651. The molecule has 0 aliphatic heterocycles. The molecule has 0 heterocycles. The van der Waals surface area contributed by atoms with Crippen molar-refractivity contribution >= 4 is 11.5 Å². The lowest BCUT2D eigenvalue weighted by molar-refractivity contribution is 0.103. The lowest BCUT2D eigenvalue weighted by atomic mass is 9.86. The van der Waals surface area contributed by atoms with Crippen LogP contribution in [0.15, 0.2) is 33.9 Å². The third-order valence-corrected chi connectivity index (χ3v) is 3.19. The zero-order valence-electron chi connectivity index (χ0n) is 11.1. The molecule has 0 bridgehead atoms. The Bertz CT molecular complexity index is 711. The minimum absolute atomic E-state index is 0.0118. The summed E-state index contributed by atoms with van der Waals surface area (Å²) in [6.45, 7) is 6.20. The number of nitrogens with two attached hydrogens (primary N) is 1. The molecule has 0 aromatic heterocycles. The predicted molar refractivity (Wildman–Crippen MR) is 74.3 cm³/mol. The van der Waals surface area contributed by atoms with Gasteiger partial charge in [-0.2, -0.15) is 0 Å². The number of anilines is 1. The Morgan fingerprint density at radius 1 is 1.00 bits per heavy atom. The summed E-state index contributed by atoms with van der Waals surface area (Å²) in [4.78, 5) is 34.4. The van der Waals surface area contributed by atoms with Crippen molar-refractivity contribution in [3.05, 3.63) is 61.4 Å². The Morgan fingerprint density at radius 3 is 1.95 bits per heavy atom. The van der Waals surface area contributed by atoms with Crippen LogP contribution < -0.4 is 16.6 Å². The van der Waals surface area contributed by atoms with Crippen molar-refractivity contribution in [3.8, 4) is 0 Å². The Kier molecular flexibility index (Phi) is 2.89. The molecule has 0 aliphatic rings. The highest BCUT2D eigenvalue weighted by Crippen LogP contribution is 2.23. The number of hydrogen-bond acceptors (Lipinski definition) is 4. The molecular weight excluding hydrogens is 242 g/mol. The lowest BCUT2D eigenvalue weighted by Gasteiger charge is -2.19. The number of rotatable bonds is 2. The van der Waals surface area contributed by atoms with Crippen LogP contribution in [0.5, 0.6) is 0 Å². The van der Waals surface area contributed by atoms with Crippen LogP contribution in [0.2, 0.25) is 0 Å². The standard InChI is InChI=1S/C15H15NO3/c1-15(2,3)9-6-4-8(5-7-9)12(17)10-11(16)14(19)13(10)18/h4-7H,16H2,1-3H3. The molecule has 2 aromatic rings. The zero-order valence-corrected chi connectivity index (χ0v) is 11.1. The summed E-state index contributed by atoms with van der Waals surface area (Å²) in [6, 6.07) is 6.99. The van der Waals surface area contributed by atoms with Gasteiger partial charge in [-0.05, 0) is 11.0 Å². The van der Waals surface area contributed by atoms with Gasteiger partial charge in [0, 0.05) is 5.56 Å². The summed E-state index contributed by atoms with van der Waals surface area (Å²) in [6.07, 6.45) is 0. The Labute approximate surface area is 110 Å². The first-order chi connectivity index (χ1) is 8.73. The summed E-state index contributed by atoms with van der Waals surface area (Å²) in [7, 11) is 0. The van der Waals surface area contributed by atoms with Crippen LogP contribution in [0.3, 0.4) is 0 Å². The molecular formula is C15H15NO3. The molecule has 2 aromatic carbocycles. The second kappa shape index (κ2) is 4.16. The van der Waals surface area contributed by atoms with Crippen LogP contribution in [0.1, 0.15) is 42.3 Å². The Balaban J connectivity index is 2.37. The topological polar surface area (TPSA) is 77.2 Å². The lowest BCUT2D eigenvalue weighted by Crippen LogP contribution is -2.40. The highest BCUT2D eigenvalue weighted by molar-refractivity contribution is 6.13. The van der Waals surface area contributed by atoms with E-state index in [2.05, 4.69) is 20.8 Å². The Morgan fingerprint density at radius 2 is 1.53 bits per heavy atom. The number of hydrogen-bond donors (Lipinski definition) is 1. The van der Waals surface area contributed by atoms with E-state index in [0.717, 1.165) is 5.56 Å². The minimum Gasteiger partial charge on any atom is -0.395 e. The van der Waals surface area contributed by atoms with Gasteiger partial charge in [0.15, 0.2) is 5.78 Å². The van der Waals surface area contributed by atoms with E-state index in [9.17, 15) is 14.4 Å². The van der Waals surface area contributed by atoms with Crippen molar-refractivity contribution < 1.29 is 4.79 Å². The SMILES string of the molecule is CC(C)(C)c1ccc(C(=O)c2c(N)c(=O)c2=O)cc1. The molecule has 0 fully saturated rings. The van der Waals surface area contributed by atoms with E-state index in [1.165, 1.54) is 0 Å². The molecule has 2 N–H and O–H groups in total. The van der Waals surface area contributed by atoms with E-state index < -0.39 is 16.6 Å². The smallest absolute Gasteiger partial charge is 0.250 e. The van der Waals surface area contributed by atoms with Gasteiger partial charge in [0.25, 0.3) is 0 Å². The first-order valence-electron chi connectivity index (χ1n) is 5.97. The van der Waals surface area contributed by atoms with Crippen LogP contribution in [0, 0.1) is 0 Å². The average molecular weight is 257 g/mol. The molecule has 4 nitrogen and oxygen atoms in total. The molecule has 2 rings (SSSR count). The first kappa shape index (κ1) is 13.2. The average Bonchev–Trinajstić information content (AvgIpc) is 2.37. The van der Waals surface area contributed by atoms with Gasteiger partial charge in [-0.15, -0.1) is 0 Å². The highest BCUT2D eigenvalue weighted by Gasteiger charge is 2.25. The third-order valence-electron chi connectivity index (χ3n) is 3.19. The van der Waals surface area contributed by atoms with Crippen LogP contribution in [-0.4, -0.2) is 5.78 Å². The summed E-state index contributed by atoms with van der Waals surface area (Å²) in [5.74, 6) is -0.484. The van der Waals surface area contributed by atoms with Gasteiger partial charge < -0.3 is 5.73 Å². The van der Waals surface area contributed by atoms with E-state index in [0.29, 0.717) is 5.56 Å². The molecule has 0 saturated carbocycles. The van der Waals surface area contributed by atoms with Crippen molar-refractivity contribution in [2.75, 3.05) is 5.73 Å². The van der Waals surface area contributed by atoms with Crippen molar-refractivity contribution in [1.29, 1.82) is 0 Å². The summed E-state index contributed by atoms with van der Waals surface area (Å²) in [5, 5.41) is 0. The normalized spacial score (nSPS) is 11.7. The van der Waals surface area contributed by atoms with Crippen LogP contribution in [-0.2, 0) is 5.41 Å². The number of ketones is 1. The van der Waals surface area contributed by atoms with E-state index in [1.54, 1.807) is 12.1 Å². The van der Waals surface area contributed by atoms with Gasteiger partial charge in [0.1, 0.15) is 5.56 Å². The number of carbonyl (C=O) groups is 1. The highest BCUT2D eigenvalue weighted by atomic mass is 16.2. The fourth-order valence-electron chi connectivity index (χ4n) is 1.90. The largest absolute Gasteiger partial charge is 0.395 e. The molecule has 0 amide bonds. The van der Waals surface area contributed by atoms with Gasteiger partial charge in [0.2, 0.25) is 10.9 Å². The number of carbonyl (C=O) groups excluding carboxylic acids is 1. The number of nitrogen functional groups attached to an aromatic ring is 1.